The van der Waals surface area contributed by atoms with E-state index in [9.17, 15) is 9.18 Å². The van der Waals surface area contributed by atoms with Crippen LogP contribution in [-0.2, 0) is 0 Å². The first kappa shape index (κ1) is 14.6. The van der Waals surface area contributed by atoms with Gasteiger partial charge in [0, 0.05) is 16.9 Å². The van der Waals surface area contributed by atoms with Gasteiger partial charge in [-0.2, -0.15) is 0 Å². The fourth-order valence-electron chi connectivity index (χ4n) is 1.17. The van der Waals surface area contributed by atoms with Crippen molar-refractivity contribution in [3.63, 3.8) is 0 Å². The molecule has 0 fully saturated rings. The molecule has 0 aromatic heterocycles. The Labute approximate surface area is 117 Å². The molecule has 0 bridgehead atoms. The second kappa shape index (κ2) is 6.50. The van der Waals surface area contributed by atoms with Crippen LogP contribution in [0.4, 0.5) is 4.39 Å². The third-order valence-corrected chi connectivity index (χ3v) is 4.39. The minimum absolute atomic E-state index is 0.215. The molecule has 0 aliphatic rings. The molecule has 0 radical (unpaired) electrons. The summed E-state index contributed by atoms with van der Waals surface area (Å²) in [6, 6.07) is 4.33. The fourth-order valence-corrected chi connectivity index (χ4v) is 1.57. The van der Waals surface area contributed by atoms with Crippen molar-refractivity contribution >= 4 is 37.8 Å². The molecule has 1 rings (SSSR count). The average molecular weight is 367 g/mol. The monoisotopic (exact) mass is 365 g/mol. The Morgan fingerprint density at radius 2 is 2.12 bits per heavy atom. The zero-order valence-electron chi connectivity index (χ0n) is 9.64. The molecule has 0 heterocycles. The van der Waals surface area contributed by atoms with Gasteiger partial charge in [-0.05, 0) is 40.0 Å². The van der Waals surface area contributed by atoms with Crippen molar-refractivity contribution in [2.45, 2.75) is 18.7 Å². The number of amides is 1. The Morgan fingerprint density at radius 3 is 2.65 bits per heavy atom. The highest BCUT2D eigenvalue weighted by atomic mass is 79.9. The van der Waals surface area contributed by atoms with Crippen molar-refractivity contribution in [3.05, 3.63) is 34.1 Å². The number of rotatable bonds is 4. The van der Waals surface area contributed by atoms with Gasteiger partial charge < -0.3 is 5.32 Å². The van der Waals surface area contributed by atoms with Crippen molar-refractivity contribution < 1.29 is 9.18 Å². The summed E-state index contributed by atoms with van der Waals surface area (Å²) < 4.78 is 13.6. The normalized spacial score (nSPS) is 12.6. The highest BCUT2D eigenvalue weighted by Gasteiger charge is 2.12. The number of halogens is 3. The lowest BCUT2D eigenvalue weighted by atomic mass is 10.1. The third-order valence-electron chi connectivity index (χ3n) is 2.36. The van der Waals surface area contributed by atoms with Crippen LogP contribution in [0.25, 0.3) is 0 Å². The van der Waals surface area contributed by atoms with Gasteiger partial charge in [-0.25, -0.2) is 4.39 Å². The van der Waals surface area contributed by atoms with Crippen LogP contribution in [0.5, 0.6) is 0 Å². The molecule has 1 amide bonds. The zero-order valence-corrected chi connectivity index (χ0v) is 12.8. The maximum Gasteiger partial charge on any atom is 0.251 e. The summed E-state index contributed by atoms with van der Waals surface area (Å²) in [6.07, 6.45) is 0. The van der Waals surface area contributed by atoms with Gasteiger partial charge in [0.15, 0.2) is 0 Å². The number of nitrogens with one attached hydrogen (secondary N) is 1. The van der Waals surface area contributed by atoms with Gasteiger partial charge in [0.2, 0.25) is 0 Å². The predicted octanol–water partition coefficient (Wildman–Crippen LogP) is 3.74. The molecule has 1 atom stereocenters. The van der Waals surface area contributed by atoms with E-state index in [-0.39, 0.29) is 10.7 Å². The lowest BCUT2D eigenvalue weighted by molar-refractivity contribution is 0.0952. The molecule has 5 heteroatoms. The maximum atomic E-state index is 13.2. The van der Waals surface area contributed by atoms with Crippen molar-refractivity contribution in [2.24, 2.45) is 5.92 Å². The summed E-state index contributed by atoms with van der Waals surface area (Å²) in [4.78, 5) is 11.9. The van der Waals surface area contributed by atoms with Crippen LogP contribution >= 0.6 is 31.9 Å². The van der Waals surface area contributed by atoms with Crippen molar-refractivity contribution in [3.8, 4) is 0 Å². The van der Waals surface area contributed by atoms with E-state index in [0.717, 1.165) is 0 Å². The number of alkyl halides is 1. The molecule has 0 saturated heterocycles. The summed E-state index contributed by atoms with van der Waals surface area (Å²) in [6.45, 7) is 4.64. The largest absolute Gasteiger partial charge is 0.351 e. The Balaban J connectivity index is 2.61. The van der Waals surface area contributed by atoms with E-state index in [4.69, 9.17) is 0 Å². The lowest BCUT2D eigenvalue weighted by Crippen LogP contribution is -2.31. The second-order valence-electron chi connectivity index (χ2n) is 4.10. The van der Waals surface area contributed by atoms with E-state index in [2.05, 4.69) is 51.0 Å². The van der Waals surface area contributed by atoms with E-state index in [0.29, 0.717) is 22.5 Å². The van der Waals surface area contributed by atoms with Crippen LogP contribution in [0.15, 0.2) is 22.7 Å². The first-order chi connectivity index (χ1) is 7.91. The summed E-state index contributed by atoms with van der Waals surface area (Å²) in [5.41, 5.74) is 0.328. The van der Waals surface area contributed by atoms with Gasteiger partial charge >= 0.3 is 0 Å². The third kappa shape index (κ3) is 4.39. The van der Waals surface area contributed by atoms with E-state index in [1.165, 1.54) is 12.1 Å². The summed E-state index contributed by atoms with van der Waals surface area (Å²) in [5.74, 6) is -0.268. The quantitative estimate of drug-likeness (QED) is 0.808. The topological polar surface area (TPSA) is 29.1 Å². The molecule has 2 nitrogen and oxygen atoms in total. The number of carbonyl (C=O) groups is 1. The number of hydrogen-bond donors (Lipinski definition) is 1. The minimum Gasteiger partial charge on any atom is -0.351 e. The second-order valence-corrected chi connectivity index (χ2v) is 6.13. The smallest absolute Gasteiger partial charge is 0.251 e. The molecule has 0 saturated carbocycles. The molecule has 1 N–H and O–H groups in total. The van der Waals surface area contributed by atoms with Crippen LogP contribution in [0.3, 0.4) is 0 Å². The zero-order chi connectivity index (χ0) is 13.0. The van der Waals surface area contributed by atoms with Crippen LogP contribution in [-0.4, -0.2) is 17.3 Å². The van der Waals surface area contributed by atoms with Gasteiger partial charge in [0.05, 0.1) is 4.47 Å². The van der Waals surface area contributed by atoms with Crippen LogP contribution in [0.1, 0.15) is 24.2 Å². The standard InChI is InChI=1S/C12H14Br2FNO/c1-7(2)10(14)6-16-12(17)8-3-4-9(13)11(15)5-8/h3-5,7,10H,6H2,1-2H3,(H,16,17). The highest BCUT2D eigenvalue weighted by molar-refractivity contribution is 9.10. The Morgan fingerprint density at radius 1 is 1.47 bits per heavy atom. The van der Waals surface area contributed by atoms with Gasteiger partial charge in [0.25, 0.3) is 5.91 Å². The van der Waals surface area contributed by atoms with Crippen molar-refractivity contribution in [1.82, 2.24) is 5.32 Å². The molecular formula is C12H14Br2FNO. The Hall–Kier alpha value is -0.420. The van der Waals surface area contributed by atoms with E-state index in [1.54, 1.807) is 6.07 Å². The lowest BCUT2D eigenvalue weighted by Gasteiger charge is -2.14. The predicted molar refractivity (Wildman–Crippen MR) is 74.0 cm³/mol. The molecule has 17 heavy (non-hydrogen) atoms. The number of hydrogen-bond acceptors (Lipinski definition) is 1. The van der Waals surface area contributed by atoms with Crippen LogP contribution in [0.2, 0.25) is 0 Å². The fraction of sp³-hybridized carbons (Fsp3) is 0.417. The number of benzene rings is 1. The van der Waals surface area contributed by atoms with Crippen LogP contribution in [0, 0.1) is 11.7 Å². The first-order valence-corrected chi connectivity index (χ1v) is 7.00. The van der Waals surface area contributed by atoms with Gasteiger partial charge in [-0.3, -0.25) is 4.79 Å². The Bertz CT molecular complexity index is 409. The Kier molecular flexibility index (Phi) is 5.59. The SMILES string of the molecule is CC(C)C(Br)CNC(=O)c1ccc(Br)c(F)c1. The highest BCUT2D eigenvalue weighted by Crippen LogP contribution is 2.16. The first-order valence-electron chi connectivity index (χ1n) is 5.29. The minimum atomic E-state index is -0.433. The summed E-state index contributed by atoms with van der Waals surface area (Å²) >= 11 is 6.52. The van der Waals surface area contributed by atoms with Gasteiger partial charge in [0.1, 0.15) is 5.82 Å². The molecule has 1 aromatic carbocycles. The number of carbonyl (C=O) groups excluding carboxylic acids is 1. The molecule has 1 aromatic rings. The van der Waals surface area contributed by atoms with Gasteiger partial charge in [-0.15, -0.1) is 0 Å². The molecular weight excluding hydrogens is 353 g/mol. The molecule has 0 aliphatic carbocycles. The molecule has 0 aliphatic heterocycles. The van der Waals surface area contributed by atoms with E-state index in [1.807, 2.05) is 0 Å². The summed E-state index contributed by atoms with van der Waals surface area (Å²) in [7, 11) is 0. The molecule has 94 valence electrons. The van der Waals surface area contributed by atoms with Crippen molar-refractivity contribution in [1.29, 1.82) is 0 Å². The van der Waals surface area contributed by atoms with E-state index >= 15 is 0 Å². The van der Waals surface area contributed by atoms with E-state index < -0.39 is 5.82 Å². The maximum absolute atomic E-state index is 13.2. The summed E-state index contributed by atoms with van der Waals surface area (Å²) in [5, 5.41) is 2.76. The van der Waals surface area contributed by atoms with Gasteiger partial charge in [-0.1, -0.05) is 29.8 Å². The molecule has 1 unspecified atom stereocenters. The van der Waals surface area contributed by atoms with Crippen molar-refractivity contribution in [2.75, 3.05) is 6.54 Å². The average Bonchev–Trinajstić information content (AvgIpc) is 2.28. The van der Waals surface area contributed by atoms with Crippen LogP contribution < -0.4 is 5.32 Å². The molecule has 0 spiro atoms.